The molecule has 0 spiro atoms. The first-order chi connectivity index (χ1) is 8.06. The Morgan fingerprint density at radius 3 is 1.94 bits per heavy atom. The van der Waals surface area contributed by atoms with Crippen LogP contribution in [0.4, 0.5) is 0 Å². The summed E-state index contributed by atoms with van der Waals surface area (Å²) in [5.41, 5.74) is 0.261. The first-order valence-corrected chi connectivity index (χ1v) is 8.48. The van der Waals surface area contributed by atoms with Gasteiger partial charge in [-0.05, 0) is 0 Å². The fourth-order valence-corrected chi connectivity index (χ4v) is 5.76. The molecule has 0 saturated carbocycles. The number of allylic oxidation sites excluding steroid dienone is 8. The van der Waals surface area contributed by atoms with Crippen molar-refractivity contribution in [3.63, 3.8) is 0 Å². The van der Waals surface area contributed by atoms with Crippen LogP contribution in [-0.2, 0) is 21.6 Å². The maximum absolute atomic E-state index is 6.32. The molecule has 2 aliphatic rings. The monoisotopic (exact) mass is 265 g/mol. The molecule has 0 heterocycles. The van der Waals surface area contributed by atoms with Crippen LogP contribution >= 0.6 is 0 Å². The summed E-state index contributed by atoms with van der Waals surface area (Å²) in [5.74, 6) is 0. The van der Waals surface area contributed by atoms with Gasteiger partial charge < -0.3 is 0 Å². The van der Waals surface area contributed by atoms with E-state index in [2.05, 4.69) is 57.2 Å². The van der Waals surface area contributed by atoms with Gasteiger partial charge in [-0.1, -0.05) is 0 Å². The van der Waals surface area contributed by atoms with Crippen LogP contribution in [0.15, 0.2) is 44.2 Å². The molecular weight excluding hydrogens is 244 g/mol. The summed E-state index contributed by atoms with van der Waals surface area (Å²) in [4.78, 5) is 0. The summed E-state index contributed by atoms with van der Waals surface area (Å²) in [7, 11) is 0. The fourth-order valence-electron chi connectivity index (χ4n) is 1.91. The van der Waals surface area contributed by atoms with Crippen LogP contribution < -0.4 is 0 Å². The van der Waals surface area contributed by atoms with Crippen LogP contribution in [0.2, 0.25) is 0 Å². The van der Waals surface area contributed by atoms with Crippen molar-refractivity contribution in [1.29, 1.82) is 0 Å². The Hall–Kier alpha value is -0.366. The zero-order valence-corrected chi connectivity index (χ0v) is 12.6. The molecule has 91 valence electrons. The number of hydrogen-bond donors (Lipinski definition) is 0. The summed E-state index contributed by atoms with van der Waals surface area (Å²) >= 11 is -1.65. The van der Waals surface area contributed by atoms with E-state index in [1.165, 1.54) is 0 Å². The van der Waals surface area contributed by atoms with Gasteiger partial charge in [-0.15, -0.1) is 0 Å². The van der Waals surface area contributed by atoms with Crippen LogP contribution in [0.1, 0.15) is 33.6 Å². The van der Waals surface area contributed by atoms with E-state index < -0.39 is 18.3 Å². The molecule has 0 aromatic rings. The van der Waals surface area contributed by atoms with Crippen molar-refractivity contribution >= 4 is 0 Å². The normalized spacial score (nSPS) is 18.5. The first kappa shape index (κ1) is 13.1. The van der Waals surface area contributed by atoms with Crippen LogP contribution in [0, 0.1) is 5.41 Å². The molecule has 0 unspecified atom stereocenters. The van der Waals surface area contributed by atoms with Gasteiger partial charge in [0.05, 0.1) is 0 Å². The number of hydrogen-bond acceptors (Lipinski definition) is 1. The van der Waals surface area contributed by atoms with Crippen molar-refractivity contribution < 1.29 is 21.6 Å². The van der Waals surface area contributed by atoms with E-state index in [0.29, 0.717) is 0 Å². The van der Waals surface area contributed by atoms with Gasteiger partial charge in [0.15, 0.2) is 0 Å². The van der Waals surface area contributed by atoms with Crippen molar-refractivity contribution in [2.75, 3.05) is 6.61 Å². The summed E-state index contributed by atoms with van der Waals surface area (Å²) in [6.45, 7) is 7.60. The van der Waals surface area contributed by atoms with Crippen molar-refractivity contribution in [3.05, 3.63) is 44.2 Å². The molecule has 0 aliphatic heterocycles. The fraction of sp³-hybridized carbons (Fsp3) is 0.467. The van der Waals surface area contributed by atoms with E-state index in [0.717, 1.165) is 19.4 Å². The third kappa shape index (κ3) is 3.81. The van der Waals surface area contributed by atoms with Gasteiger partial charge in [-0.2, -0.15) is 0 Å². The Balaban J connectivity index is 2.03. The molecule has 0 N–H and O–H groups in total. The molecule has 0 aromatic carbocycles. The predicted molar refractivity (Wildman–Crippen MR) is 69.1 cm³/mol. The van der Waals surface area contributed by atoms with Gasteiger partial charge in [-0.3, -0.25) is 0 Å². The average molecular weight is 265 g/mol. The molecular formula is C15H21OTi. The Kier molecular flexibility index (Phi) is 4.24. The molecule has 0 bridgehead atoms. The standard InChI is InChI=1S/C5H11O.2C5H5.Ti/c1-5(2,3)4-6;2*1-2-4-5-3-1;/h4H2,1-3H3;2*1-3H,4H2;/q-1;;;+1. The third-order valence-corrected chi connectivity index (χ3v) is 6.43. The molecule has 0 amide bonds. The first-order valence-electron chi connectivity index (χ1n) is 6.28. The molecule has 0 fully saturated rings. The van der Waals surface area contributed by atoms with E-state index >= 15 is 0 Å². The molecule has 17 heavy (non-hydrogen) atoms. The molecule has 2 rings (SSSR count). The zero-order valence-electron chi connectivity index (χ0n) is 11.0. The summed E-state index contributed by atoms with van der Waals surface area (Å²) < 4.78 is 9.44. The Labute approximate surface area is 111 Å². The molecule has 0 aromatic heterocycles. The van der Waals surface area contributed by atoms with Crippen molar-refractivity contribution in [2.45, 2.75) is 33.6 Å². The summed E-state index contributed by atoms with van der Waals surface area (Å²) in [5, 5.41) is 0. The second-order valence-electron chi connectivity index (χ2n) is 5.83. The molecule has 2 heteroatoms. The molecule has 0 saturated heterocycles. The van der Waals surface area contributed by atoms with Crippen LogP contribution in [0.3, 0.4) is 0 Å². The number of rotatable bonds is 4. The van der Waals surface area contributed by atoms with Gasteiger partial charge in [-0.25, -0.2) is 0 Å². The van der Waals surface area contributed by atoms with Crippen LogP contribution in [-0.4, -0.2) is 6.61 Å². The van der Waals surface area contributed by atoms with Gasteiger partial charge in [0.25, 0.3) is 0 Å². The second kappa shape index (κ2) is 5.52. The van der Waals surface area contributed by atoms with Crippen molar-refractivity contribution in [1.82, 2.24) is 0 Å². The van der Waals surface area contributed by atoms with Crippen molar-refractivity contribution in [3.8, 4) is 0 Å². The third-order valence-electron chi connectivity index (χ3n) is 2.78. The van der Waals surface area contributed by atoms with E-state index in [-0.39, 0.29) is 5.41 Å². The Morgan fingerprint density at radius 1 is 1.06 bits per heavy atom. The molecule has 0 radical (unpaired) electrons. The van der Waals surface area contributed by atoms with Crippen molar-refractivity contribution in [2.24, 2.45) is 5.41 Å². The SMILES string of the molecule is CC(C)(C)C[O][Ti]([C]1=CC=CC1)[C]1=CC=CC1. The second-order valence-corrected chi connectivity index (χ2v) is 9.31. The topological polar surface area (TPSA) is 9.23 Å². The van der Waals surface area contributed by atoms with E-state index in [1.54, 1.807) is 7.76 Å². The van der Waals surface area contributed by atoms with Gasteiger partial charge in [0.2, 0.25) is 0 Å². The van der Waals surface area contributed by atoms with E-state index in [9.17, 15) is 0 Å². The van der Waals surface area contributed by atoms with Crippen LogP contribution in [0.25, 0.3) is 0 Å². The Morgan fingerprint density at radius 2 is 1.59 bits per heavy atom. The predicted octanol–water partition coefficient (Wildman–Crippen LogP) is 4.27. The average Bonchev–Trinajstić information content (AvgIpc) is 2.86. The minimum atomic E-state index is -1.65. The Bertz CT molecular complexity index is 364. The van der Waals surface area contributed by atoms with E-state index in [1.807, 2.05) is 0 Å². The van der Waals surface area contributed by atoms with Gasteiger partial charge >= 0.3 is 111 Å². The zero-order chi connectivity index (χ0) is 12.3. The van der Waals surface area contributed by atoms with Crippen LogP contribution in [0.5, 0.6) is 0 Å². The van der Waals surface area contributed by atoms with Gasteiger partial charge in [0, 0.05) is 0 Å². The minimum absolute atomic E-state index is 0.261. The maximum atomic E-state index is 6.32. The molecule has 0 atom stereocenters. The summed E-state index contributed by atoms with van der Waals surface area (Å²) in [6, 6.07) is 0. The molecule has 2 aliphatic carbocycles. The molecule has 1 nitrogen and oxygen atoms in total. The quantitative estimate of drug-likeness (QED) is 0.690. The van der Waals surface area contributed by atoms with E-state index in [4.69, 9.17) is 3.32 Å². The summed E-state index contributed by atoms with van der Waals surface area (Å²) in [6.07, 6.45) is 15.6. The van der Waals surface area contributed by atoms with Gasteiger partial charge in [0.1, 0.15) is 0 Å².